The lowest BCUT2D eigenvalue weighted by molar-refractivity contribution is 0.178. The molecule has 1 heterocycles. The summed E-state index contributed by atoms with van der Waals surface area (Å²) in [6, 6.07) is 2.12. The Balaban J connectivity index is 2.71. The molecule has 0 aliphatic carbocycles. The third-order valence-electron chi connectivity index (χ3n) is 2.16. The Labute approximate surface area is 112 Å². The highest BCUT2D eigenvalue weighted by Gasteiger charge is 2.07. The second-order valence-corrected chi connectivity index (χ2v) is 5.16. The molecule has 0 aliphatic rings. The Morgan fingerprint density at radius 1 is 1.44 bits per heavy atom. The molecule has 6 nitrogen and oxygen atoms in total. The number of aromatic nitrogens is 2. The van der Waals surface area contributed by atoms with Crippen LogP contribution in [0.3, 0.4) is 0 Å². The average molecular weight is 271 g/mol. The number of anilines is 2. The average Bonchev–Trinajstić information content (AvgIpc) is 2.36. The van der Waals surface area contributed by atoms with E-state index in [0.717, 1.165) is 17.3 Å². The molecule has 1 atom stereocenters. The van der Waals surface area contributed by atoms with E-state index in [0.29, 0.717) is 24.3 Å². The largest absolute Gasteiger partial charge is 0.377 e. The van der Waals surface area contributed by atoms with Gasteiger partial charge < -0.3 is 15.5 Å². The van der Waals surface area contributed by atoms with Crippen molar-refractivity contribution < 1.29 is 4.74 Å². The summed E-state index contributed by atoms with van der Waals surface area (Å²) in [5.41, 5.74) is 2.53. The van der Waals surface area contributed by atoms with Crippen molar-refractivity contribution in [1.82, 2.24) is 9.97 Å². The van der Waals surface area contributed by atoms with E-state index in [-0.39, 0.29) is 0 Å². The molecule has 1 aromatic rings. The first-order chi connectivity index (χ1) is 8.69. The molecular weight excluding hydrogens is 250 g/mol. The minimum atomic E-state index is 0.339. The maximum atomic E-state index is 5.38. The fourth-order valence-corrected chi connectivity index (χ4v) is 2.10. The first kappa shape index (κ1) is 15.0. The first-order valence-corrected chi connectivity index (χ1v) is 7.02. The fourth-order valence-electron chi connectivity index (χ4n) is 1.43. The Hall–Kier alpha value is -1.05. The van der Waals surface area contributed by atoms with E-state index < -0.39 is 0 Å². The van der Waals surface area contributed by atoms with Crippen LogP contribution in [0.15, 0.2) is 6.07 Å². The summed E-state index contributed by atoms with van der Waals surface area (Å²) in [6.45, 7) is 4.63. The predicted octanol–water partition coefficient (Wildman–Crippen LogP) is 1.46. The molecule has 1 rings (SSSR count). The van der Waals surface area contributed by atoms with Gasteiger partial charge in [0.15, 0.2) is 5.82 Å². The minimum absolute atomic E-state index is 0.339. The Morgan fingerprint density at radius 3 is 2.78 bits per heavy atom. The van der Waals surface area contributed by atoms with Gasteiger partial charge in [-0.05, 0) is 12.7 Å². The molecule has 0 saturated heterocycles. The SMILES string of the molecule is CCSCC(C)Nc1cc(NN)nc(COC)n1. The van der Waals surface area contributed by atoms with Crippen LogP contribution in [0.25, 0.3) is 0 Å². The van der Waals surface area contributed by atoms with Crippen LogP contribution < -0.4 is 16.6 Å². The van der Waals surface area contributed by atoms with Gasteiger partial charge >= 0.3 is 0 Å². The topological polar surface area (TPSA) is 85.1 Å². The molecular formula is C11H21N5OS. The molecule has 1 aromatic heterocycles. The Morgan fingerprint density at radius 2 is 2.17 bits per heavy atom. The summed E-state index contributed by atoms with van der Waals surface area (Å²) < 4.78 is 5.03. The molecule has 102 valence electrons. The smallest absolute Gasteiger partial charge is 0.158 e. The maximum absolute atomic E-state index is 5.38. The number of hydrogen-bond acceptors (Lipinski definition) is 7. The van der Waals surface area contributed by atoms with Crippen LogP contribution in [0.2, 0.25) is 0 Å². The van der Waals surface area contributed by atoms with Crippen LogP contribution in [-0.2, 0) is 11.3 Å². The molecule has 0 aliphatic heterocycles. The van der Waals surface area contributed by atoms with E-state index in [4.69, 9.17) is 10.6 Å². The molecule has 0 radical (unpaired) electrons. The summed E-state index contributed by atoms with van der Waals surface area (Å²) in [7, 11) is 1.61. The van der Waals surface area contributed by atoms with Gasteiger partial charge in [0.05, 0.1) is 0 Å². The number of rotatable bonds is 8. The maximum Gasteiger partial charge on any atom is 0.158 e. The quantitative estimate of drug-likeness (QED) is 0.487. The van der Waals surface area contributed by atoms with Crippen LogP contribution in [0.1, 0.15) is 19.7 Å². The summed E-state index contributed by atoms with van der Waals surface area (Å²) in [4.78, 5) is 8.56. The lowest BCUT2D eigenvalue weighted by Gasteiger charge is -2.15. The molecule has 0 bridgehead atoms. The van der Waals surface area contributed by atoms with Crippen LogP contribution >= 0.6 is 11.8 Å². The fraction of sp³-hybridized carbons (Fsp3) is 0.636. The number of nitrogens with zero attached hydrogens (tertiary/aromatic N) is 2. The zero-order valence-electron chi connectivity index (χ0n) is 11.1. The highest BCUT2D eigenvalue weighted by atomic mass is 32.2. The molecule has 18 heavy (non-hydrogen) atoms. The highest BCUT2D eigenvalue weighted by Crippen LogP contribution is 2.13. The Kier molecular flexibility index (Phi) is 6.77. The van der Waals surface area contributed by atoms with Crippen molar-refractivity contribution >= 4 is 23.4 Å². The van der Waals surface area contributed by atoms with Crippen molar-refractivity contribution in [3.8, 4) is 0 Å². The number of thioether (sulfide) groups is 1. The van der Waals surface area contributed by atoms with Gasteiger partial charge in [-0.2, -0.15) is 11.8 Å². The molecule has 0 fully saturated rings. The molecule has 4 N–H and O–H groups in total. The molecule has 0 aromatic carbocycles. The lowest BCUT2D eigenvalue weighted by atomic mass is 10.4. The van der Waals surface area contributed by atoms with E-state index in [9.17, 15) is 0 Å². The van der Waals surface area contributed by atoms with Crippen molar-refractivity contribution in [3.63, 3.8) is 0 Å². The Bertz CT molecular complexity index is 363. The number of nitrogens with one attached hydrogen (secondary N) is 2. The van der Waals surface area contributed by atoms with E-state index in [2.05, 4.69) is 34.6 Å². The van der Waals surface area contributed by atoms with Gasteiger partial charge in [-0.1, -0.05) is 6.92 Å². The summed E-state index contributed by atoms with van der Waals surface area (Å²) in [5.74, 6) is 9.47. The summed E-state index contributed by atoms with van der Waals surface area (Å²) in [6.07, 6.45) is 0. The predicted molar refractivity (Wildman–Crippen MR) is 76.6 cm³/mol. The van der Waals surface area contributed by atoms with Crippen molar-refractivity contribution in [2.45, 2.75) is 26.5 Å². The number of nitrogen functional groups attached to an aromatic ring is 1. The third kappa shape index (κ3) is 5.07. The van der Waals surface area contributed by atoms with Crippen molar-refractivity contribution in [3.05, 3.63) is 11.9 Å². The number of nitrogens with two attached hydrogens (primary N) is 1. The van der Waals surface area contributed by atoms with Crippen LogP contribution in [0.5, 0.6) is 0 Å². The summed E-state index contributed by atoms with van der Waals surface area (Å²) >= 11 is 1.89. The number of hydrogen-bond donors (Lipinski definition) is 3. The van der Waals surface area contributed by atoms with Crippen LogP contribution in [0.4, 0.5) is 11.6 Å². The highest BCUT2D eigenvalue weighted by molar-refractivity contribution is 7.99. The normalized spacial score (nSPS) is 12.2. The van der Waals surface area contributed by atoms with Gasteiger partial charge in [-0.3, -0.25) is 0 Å². The second kappa shape index (κ2) is 8.12. The summed E-state index contributed by atoms with van der Waals surface area (Å²) in [5, 5.41) is 3.33. The zero-order valence-corrected chi connectivity index (χ0v) is 11.9. The van der Waals surface area contributed by atoms with Gasteiger partial charge in [0, 0.05) is 25.0 Å². The zero-order chi connectivity index (χ0) is 13.4. The minimum Gasteiger partial charge on any atom is -0.377 e. The molecule has 0 spiro atoms. The van der Waals surface area contributed by atoms with Crippen molar-refractivity contribution in [2.24, 2.45) is 5.84 Å². The second-order valence-electron chi connectivity index (χ2n) is 3.84. The van der Waals surface area contributed by atoms with Gasteiger partial charge in [-0.25, -0.2) is 15.8 Å². The van der Waals surface area contributed by atoms with Gasteiger partial charge in [0.25, 0.3) is 0 Å². The van der Waals surface area contributed by atoms with Crippen molar-refractivity contribution in [1.29, 1.82) is 0 Å². The van der Waals surface area contributed by atoms with Gasteiger partial charge in [0.1, 0.15) is 18.2 Å². The van der Waals surface area contributed by atoms with E-state index in [1.807, 2.05) is 11.8 Å². The van der Waals surface area contributed by atoms with Crippen LogP contribution in [-0.4, -0.2) is 34.6 Å². The number of hydrazine groups is 1. The first-order valence-electron chi connectivity index (χ1n) is 5.87. The standard InChI is InChI=1S/C11H21N5OS/c1-4-18-7-8(2)13-9-5-10(16-12)15-11(14-9)6-17-3/h5,8H,4,6-7,12H2,1-3H3,(H2,13,14,15,16). The molecule has 0 amide bonds. The van der Waals surface area contributed by atoms with Gasteiger partial charge in [-0.15, -0.1) is 0 Å². The monoisotopic (exact) mass is 271 g/mol. The third-order valence-corrected chi connectivity index (χ3v) is 3.30. The van der Waals surface area contributed by atoms with E-state index in [1.54, 1.807) is 13.2 Å². The number of ether oxygens (including phenoxy) is 1. The lowest BCUT2D eigenvalue weighted by Crippen LogP contribution is -2.20. The number of methoxy groups -OCH3 is 1. The van der Waals surface area contributed by atoms with Crippen molar-refractivity contribution in [2.75, 3.05) is 29.4 Å². The van der Waals surface area contributed by atoms with Gasteiger partial charge in [0.2, 0.25) is 0 Å². The molecule has 0 saturated carbocycles. The molecule has 1 unspecified atom stereocenters. The van der Waals surface area contributed by atoms with E-state index >= 15 is 0 Å². The van der Waals surface area contributed by atoms with Crippen LogP contribution in [0, 0.1) is 0 Å². The van der Waals surface area contributed by atoms with E-state index in [1.165, 1.54) is 0 Å². The molecule has 7 heteroatoms.